The van der Waals surface area contributed by atoms with Gasteiger partial charge in [-0.25, -0.2) is 4.79 Å². The summed E-state index contributed by atoms with van der Waals surface area (Å²) < 4.78 is 5.17. The van der Waals surface area contributed by atoms with Crippen molar-refractivity contribution in [2.24, 2.45) is 0 Å². The van der Waals surface area contributed by atoms with E-state index in [9.17, 15) is 4.79 Å². The van der Waals surface area contributed by atoms with Crippen LogP contribution in [0.15, 0.2) is 34.7 Å². The molecule has 0 bridgehead atoms. The molecular formula is C15H16ClNO3. The first-order valence-electron chi connectivity index (χ1n) is 6.29. The first-order valence-corrected chi connectivity index (χ1v) is 6.66. The fraction of sp³-hybridized carbons (Fsp3) is 0.267. The molecule has 0 aliphatic heterocycles. The molecule has 2 aromatic rings. The molecule has 106 valence electrons. The molecule has 0 spiro atoms. The molecule has 0 saturated carbocycles. The van der Waals surface area contributed by atoms with Gasteiger partial charge in [0.1, 0.15) is 5.76 Å². The molecule has 4 nitrogen and oxygen atoms in total. The van der Waals surface area contributed by atoms with E-state index in [2.05, 4.69) is 5.32 Å². The number of benzene rings is 1. The lowest BCUT2D eigenvalue weighted by Gasteiger charge is -2.13. The van der Waals surface area contributed by atoms with Gasteiger partial charge in [0.05, 0.1) is 0 Å². The average molecular weight is 294 g/mol. The molecule has 1 heterocycles. The van der Waals surface area contributed by atoms with Gasteiger partial charge in [0.2, 0.25) is 5.76 Å². The average Bonchev–Trinajstić information content (AvgIpc) is 2.78. The number of carboxylic acids is 1. The van der Waals surface area contributed by atoms with Gasteiger partial charge in [-0.05, 0) is 37.6 Å². The van der Waals surface area contributed by atoms with Gasteiger partial charge in [-0.1, -0.05) is 23.7 Å². The number of hydrogen-bond donors (Lipinski definition) is 2. The van der Waals surface area contributed by atoms with Crippen LogP contribution in [0.3, 0.4) is 0 Å². The lowest BCUT2D eigenvalue weighted by atomic mass is 10.1. The van der Waals surface area contributed by atoms with E-state index < -0.39 is 5.97 Å². The number of carboxylic acid groups (broad SMARTS) is 1. The number of carbonyl (C=O) groups is 1. The molecule has 0 saturated heterocycles. The molecule has 0 radical (unpaired) electrons. The van der Waals surface area contributed by atoms with Crippen LogP contribution in [0.1, 0.15) is 40.4 Å². The summed E-state index contributed by atoms with van der Waals surface area (Å²) >= 11 is 5.85. The highest BCUT2D eigenvalue weighted by Gasteiger charge is 2.13. The Hall–Kier alpha value is -1.78. The molecule has 0 aliphatic rings. The molecule has 0 fully saturated rings. The van der Waals surface area contributed by atoms with E-state index in [0.29, 0.717) is 17.3 Å². The topological polar surface area (TPSA) is 62.5 Å². The van der Waals surface area contributed by atoms with Gasteiger partial charge in [0.25, 0.3) is 0 Å². The van der Waals surface area contributed by atoms with Crippen molar-refractivity contribution in [3.05, 3.63) is 58.0 Å². The number of nitrogens with one attached hydrogen (secondary N) is 1. The van der Waals surface area contributed by atoms with Crippen molar-refractivity contribution >= 4 is 17.6 Å². The van der Waals surface area contributed by atoms with E-state index in [4.69, 9.17) is 21.1 Å². The van der Waals surface area contributed by atoms with Crippen LogP contribution in [0.5, 0.6) is 0 Å². The van der Waals surface area contributed by atoms with Gasteiger partial charge in [-0.2, -0.15) is 0 Å². The van der Waals surface area contributed by atoms with Gasteiger partial charge in [-0.15, -0.1) is 0 Å². The minimum absolute atomic E-state index is 0.0292. The highest BCUT2D eigenvalue weighted by Crippen LogP contribution is 2.19. The van der Waals surface area contributed by atoms with Crippen LogP contribution in [-0.4, -0.2) is 11.1 Å². The summed E-state index contributed by atoms with van der Waals surface area (Å²) in [6, 6.07) is 9.31. The molecule has 1 atom stereocenters. The van der Waals surface area contributed by atoms with Crippen molar-refractivity contribution < 1.29 is 14.3 Å². The van der Waals surface area contributed by atoms with Crippen LogP contribution in [0.25, 0.3) is 0 Å². The van der Waals surface area contributed by atoms with Crippen molar-refractivity contribution in [1.82, 2.24) is 5.32 Å². The third kappa shape index (κ3) is 3.40. The van der Waals surface area contributed by atoms with Crippen LogP contribution in [0.2, 0.25) is 5.02 Å². The normalized spacial score (nSPS) is 12.3. The molecule has 2 N–H and O–H groups in total. The largest absolute Gasteiger partial charge is 0.475 e. The van der Waals surface area contributed by atoms with Crippen molar-refractivity contribution in [3.8, 4) is 0 Å². The van der Waals surface area contributed by atoms with Crippen LogP contribution < -0.4 is 5.32 Å². The van der Waals surface area contributed by atoms with Gasteiger partial charge >= 0.3 is 5.97 Å². The molecule has 1 aromatic heterocycles. The zero-order valence-electron chi connectivity index (χ0n) is 11.3. The highest BCUT2D eigenvalue weighted by molar-refractivity contribution is 6.30. The summed E-state index contributed by atoms with van der Waals surface area (Å²) in [4.78, 5) is 10.8. The summed E-state index contributed by atoms with van der Waals surface area (Å²) in [5.74, 6) is -0.457. The van der Waals surface area contributed by atoms with Crippen LogP contribution in [0, 0.1) is 6.92 Å². The Labute approximate surface area is 122 Å². The van der Waals surface area contributed by atoms with Gasteiger partial charge < -0.3 is 14.8 Å². The van der Waals surface area contributed by atoms with Crippen LogP contribution in [0.4, 0.5) is 0 Å². The number of halogens is 1. The second kappa shape index (κ2) is 6.11. The van der Waals surface area contributed by atoms with E-state index in [0.717, 1.165) is 11.1 Å². The summed E-state index contributed by atoms with van der Waals surface area (Å²) in [5, 5.41) is 12.9. The lowest BCUT2D eigenvalue weighted by Crippen LogP contribution is -2.18. The Morgan fingerprint density at radius 2 is 2.05 bits per heavy atom. The zero-order chi connectivity index (χ0) is 14.7. The van der Waals surface area contributed by atoms with Crippen molar-refractivity contribution in [1.29, 1.82) is 0 Å². The maximum Gasteiger partial charge on any atom is 0.371 e. The first-order chi connectivity index (χ1) is 9.47. The Morgan fingerprint density at radius 3 is 2.60 bits per heavy atom. The molecule has 0 unspecified atom stereocenters. The smallest absolute Gasteiger partial charge is 0.371 e. The lowest BCUT2D eigenvalue weighted by molar-refractivity contribution is 0.0661. The maximum absolute atomic E-state index is 10.8. The van der Waals surface area contributed by atoms with Crippen LogP contribution >= 0.6 is 11.6 Å². The predicted molar refractivity (Wildman–Crippen MR) is 77.1 cm³/mol. The third-order valence-corrected chi connectivity index (χ3v) is 3.45. The van der Waals surface area contributed by atoms with Crippen molar-refractivity contribution in [3.63, 3.8) is 0 Å². The zero-order valence-corrected chi connectivity index (χ0v) is 12.1. The molecule has 2 rings (SSSR count). The standard InChI is InChI=1S/C15H16ClNO3/c1-9(11-3-5-13(16)6-4-11)17-8-12-7-14(15(18)19)20-10(12)2/h3-7,9,17H,8H2,1-2H3,(H,18,19)/t9-/m0/s1. The maximum atomic E-state index is 10.8. The van der Waals surface area contributed by atoms with Gasteiger partial charge in [0.15, 0.2) is 0 Å². The quantitative estimate of drug-likeness (QED) is 0.880. The molecule has 5 heteroatoms. The number of aryl methyl sites for hydroxylation is 1. The monoisotopic (exact) mass is 293 g/mol. The summed E-state index contributed by atoms with van der Waals surface area (Å²) in [5.41, 5.74) is 1.97. The molecule has 1 aromatic carbocycles. The van der Waals surface area contributed by atoms with Gasteiger partial charge in [-0.3, -0.25) is 0 Å². The second-order valence-electron chi connectivity index (χ2n) is 4.65. The summed E-state index contributed by atoms with van der Waals surface area (Å²) in [6.07, 6.45) is 0. The molecule has 0 aliphatic carbocycles. The number of rotatable bonds is 5. The van der Waals surface area contributed by atoms with E-state index >= 15 is 0 Å². The minimum Gasteiger partial charge on any atom is -0.475 e. The fourth-order valence-corrected chi connectivity index (χ4v) is 2.06. The van der Waals surface area contributed by atoms with E-state index in [-0.39, 0.29) is 11.8 Å². The predicted octanol–water partition coefficient (Wildman–Crippen LogP) is 3.79. The van der Waals surface area contributed by atoms with Gasteiger partial charge in [0, 0.05) is 23.2 Å². The van der Waals surface area contributed by atoms with Crippen LogP contribution in [-0.2, 0) is 6.54 Å². The Balaban J connectivity index is 2.01. The SMILES string of the molecule is Cc1oc(C(=O)O)cc1CN[C@@H](C)c1ccc(Cl)cc1. The molecular weight excluding hydrogens is 278 g/mol. The summed E-state index contributed by atoms with van der Waals surface area (Å²) in [6.45, 7) is 4.35. The molecule has 0 amide bonds. The van der Waals surface area contributed by atoms with Crippen molar-refractivity contribution in [2.45, 2.75) is 26.4 Å². The Kier molecular flexibility index (Phi) is 4.47. The fourth-order valence-electron chi connectivity index (χ4n) is 1.93. The minimum atomic E-state index is -1.05. The Bertz CT molecular complexity index is 604. The second-order valence-corrected chi connectivity index (χ2v) is 5.09. The summed E-state index contributed by atoms with van der Waals surface area (Å²) in [7, 11) is 0. The third-order valence-electron chi connectivity index (χ3n) is 3.20. The van der Waals surface area contributed by atoms with Crippen molar-refractivity contribution in [2.75, 3.05) is 0 Å². The van der Waals surface area contributed by atoms with E-state index in [1.54, 1.807) is 13.0 Å². The first kappa shape index (κ1) is 14.6. The Morgan fingerprint density at radius 1 is 1.40 bits per heavy atom. The highest BCUT2D eigenvalue weighted by atomic mass is 35.5. The van der Waals surface area contributed by atoms with E-state index in [1.807, 2.05) is 31.2 Å². The number of hydrogen-bond acceptors (Lipinski definition) is 3. The molecule has 20 heavy (non-hydrogen) atoms. The number of furan rings is 1. The number of aromatic carboxylic acids is 1. The van der Waals surface area contributed by atoms with E-state index in [1.165, 1.54) is 0 Å².